The van der Waals surface area contributed by atoms with E-state index in [2.05, 4.69) is 20.9 Å². The summed E-state index contributed by atoms with van der Waals surface area (Å²) in [5.41, 5.74) is 1.36. The Morgan fingerprint density at radius 3 is 2.78 bits per heavy atom. The average molecular weight is 308 g/mol. The summed E-state index contributed by atoms with van der Waals surface area (Å²) < 4.78 is 24.2. The van der Waals surface area contributed by atoms with Crippen molar-refractivity contribution in [2.45, 2.75) is 0 Å². The lowest BCUT2D eigenvalue weighted by Crippen LogP contribution is -1.85. The van der Waals surface area contributed by atoms with E-state index >= 15 is 0 Å². The number of fused-ring (bicyclic) bond motifs is 1. The Bertz CT molecular complexity index is 678. The second-order valence-corrected chi connectivity index (χ2v) is 4.48. The summed E-state index contributed by atoms with van der Waals surface area (Å²) in [5.74, 6) is 0.106. The summed E-state index contributed by atoms with van der Waals surface area (Å²) in [6.07, 6.45) is 0.134. The number of benzene rings is 2. The minimum atomic E-state index is -0.347. The third-order valence-electron chi connectivity index (χ3n) is 2.37. The molecule has 0 radical (unpaired) electrons. The average Bonchev–Trinajstić information content (AvgIpc) is 2.76. The van der Waals surface area contributed by atoms with Crippen molar-refractivity contribution in [3.8, 4) is 11.8 Å². The molecule has 0 spiro atoms. The van der Waals surface area contributed by atoms with E-state index in [0.717, 1.165) is 0 Å². The standard InChI is InChI=1S/C13H7BrFNO2/c14-9-7-8(5-6-10(9)15)17-13-16-11-3-1-2-4-12(11)18-13/h1-7H. The fourth-order valence-corrected chi connectivity index (χ4v) is 1.89. The summed E-state index contributed by atoms with van der Waals surface area (Å²) in [5, 5.41) is 0. The van der Waals surface area contributed by atoms with Gasteiger partial charge in [-0.2, -0.15) is 4.98 Å². The van der Waals surface area contributed by atoms with Crippen molar-refractivity contribution in [1.82, 2.24) is 4.98 Å². The first-order valence-corrected chi connectivity index (χ1v) is 6.00. The zero-order valence-electron chi connectivity index (χ0n) is 9.06. The Hall–Kier alpha value is -1.88. The van der Waals surface area contributed by atoms with Gasteiger partial charge < -0.3 is 9.15 Å². The molecule has 0 aliphatic carbocycles. The maximum absolute atomic E-state index is 13.1. The normalized spacial score (nSPS) is 10.8. The number of halogens is 2. The van der Waals surface area contributed by atoms with Gasteiger partial charge >= 0.3 is 6.08 Å². The van der Waals surface area contributed by atoms with Crippen LogP contribution in [0.5, 0.6) is 11.8 Å². The van der Waals surface area contributed by atoms with Crippen LogP contribution >= 0.6 is 15.9 Å². The first kappa shape index (κ1) is 11.2. The minimum absolute atomic E-state index is 0.134. The first-order chi connectivity index (χ1) is 8.72. The molecule has 0 atom stereocenters. The second kappa shape index (κ2) is 4.42. The number of ether oxygens (including phenoxy) is 1. The van der Waals surface area contributed by atoms with Crippen molar-refractivity contribution in [3.05, 3.63) is 52.8 Å². The molecule has 3 rings (SSSR count). The van der Waals surface area contributed by atoms with Crippen molar-refractivity contribution >= 4 is 27.0 Å². The summed E-state index contributed by atoms with van der Waals surface area (Å²) in [6.45, 7) is 0. The maximum atomic E-state index is 13.1. The van der Waals surface area contributed by atoms with Crippen LogP contribution in [0.3, 0.4) is 0 Å². The van der Waals surface area contributed by atoms with Crippen LogP contribution in [-0.4, -0.2) is 4.98 Å². The van der Waals surface area contributed by atoms with Gasteiger partial charge in [-0.25, -0.2) is 4.39 Å². The highest BCUT2D eigenvalue weighted by atomic mass is 79.9. The van der Waals surface area contributed by atoms with Crippen LogP contribution in [-0.2, 0) is 0 Å². The fourth-order valence-electron chi connectivity index (χ4n) is 1.54. The van der Waals surface area contributed by atoms with Crippen molar-refractivity contribution in [2.24, 2.45) is 0 Å². The van der Waals surface area contributed by atoms with Crippen LogP contribution in [0.1, 0.15) is 0 Å². The molecule has 1 aromatic heterocycles. The van der Waals surface area contributed by atoms with Gasteiger partial charge in [-0.1, -0.05) is 12.1 Å². The topological polar surface area (TPSA) is 35.3 Å². The largest absolute Gasteiger partial charge is 0.411 e. The second-order valence-electron chi connectivity index (χ2n) is 3.63. The molecule has 0 amide bonds. The SMILES string of the molecule is Fc1ccc(Oc2nc3ccccc3o2)cc1Br. The summed E-state index contributed by atoms with van der Waals surface area (Å²) in [6, 6.07) is 11.7. The highest BCUT2D eigenvalue weighted by Gasteiger charge is 2.08. The molecule has 0 N–H and O–H groups in total. The third kappa shape index (κ3) is 2.09. The minimum Gasteiger partial charge on any atom is -0.411 e. The van der Waals surface area contributed by atoms with Gasteiger partial charge in [0.2, 0.25) is 0 Å². The van der Waals surface area contributed by atoms with Crippen LogP contribution in [0.4, 0.5) is 4.39 Å². The molecule has 0 fully saturated rings. The maximum Gasteiger partial charge on any atom is 0.400 e. The van der Waals surface area contributed by atoms with Crippen molar-refractivity contribution in [3.63, 3.8) is 0 Å². The van der Waals surface area contributed by atoms with Crippen molar-refractivity contribution < 1.29 is 13.5 Å². The molecular formula is C13H7BrFNO2. The molecule has 2 aromatic carbocycles. The van der Waals surface area contributed by atoms with Gasteiger partial charge in [-0.05, 0) is 46.3 Å². The Morgan fingerprint density at radius 2 is 2.00 bits per heavy atom. The molecule has 0 aliphatic heterocycles. The van der Waals surface area contributed by atoms with E-state index in [1.54, 1.807) is 6.07 Å². The fraction of sp³-hybridized carbons (Fsp3) is 0. The number of rotatable bonds is 2. The first-order valence-electron chi connectivity index (χ1n) is 5.21. The van der Waals surface area contributed by atoms with Crippen LogP contribution < -0.4 is 4.74 Å². The van der Waals surface area contributed by atoms with Gasteiger partial charge in [0.05, 0.1) is 4.47 Å². The molecular weight excluding hydrogens is 301 g/mol. The molecule has 0 bridgehead atoms. The predicted molar refractivity (Wildman–Crippen MR) is 68.2 cm³/mol. The number of oxazole rings is 1. The molecule has 18 heavy (non-hydrogen) atoms. The smallest absolute Gasteiger partial charge is 0.400 e. The van der Waals surface area contributed by atoms with Gasteiger partial charge in [0.15, 0.2) is 5.58 Å². The van der Waals surface area contributed by atoms with E-state index in [1.807, 2.05) is 18.2 Å². The number of nitrogens with zero attached hydrogens (tertiary/aromatic N) is 1. The number of para-hydroxylation sites is 2. The lowest BCUT2D eigenvalue weighted by atomic mass is 10.3. The molecule has 90 valence electrons. The monoisotopic (exact) mass is 307 g/mol. The van der Waals surface area contributed by atoms with Crippen molar-refractivity contribution in [1.29, 1.82) is 0 Å². The number of hydrogen-bond donors (Lipinski definition) is 0. The molecule has 0 unspecified atom stereocenters. The highest BCUT2D eigenvalue weighted by molar-refractivity contribution is 9.10. The highest BCUT2D eigenvalue weighted by Crippen LogP contribution is 2.28. The van der Waals surface area contributed by atoms with Crippen molar-refractivity contribution in [2.75, 3.05) is 0 Å². The summed E-state index contributed by atoms with van der Waals surface area (Å²) in [7, 11) is 0. The third-order valence-corrected chi connectivity index (χ3v) is 2.98. The molecule has 3 aromatic rings. The zero-order valence-corrected chi connectivity index (χ0v) is 10.6. The number of aromatic nitrogens is 1. The zero-order chi connectivity index (χ0) is 12.5. The summed E-state index contributed by atoms with van der Waals surface area (Å²) >= 11 is 3.09. The van der Waals surface area contributed by atoms with Gasteiger partial charge in [0.25, 0.3) is 0 Å². The molecule has 0 saturated carbocycles. The van der Waals surface area contributed by atoms with E-state index in [4.69, 9.17) is 9.15 Å². The van der Waals surface area contributed by atoms with Gasteiger partial charge in [-0.15, -0.1) is 0 Å². The van der Waals surface area contributed by atoms with E-state index in [-0.39, 0.29) is 11.9 Å². The van der Waals surface area contributed by atoms with Gasteiger partial charge in [0.1, 0.15) is 17.1 Å². The molecule has 0 saturated heterocycles. The number of hydrogen-bond acceptors (Lipinski definition) is 3. The quantitative estimate of drug-likeness (QED) is 0.698. The van der Waals surface area contributed by atoms with Gasteiger partial charge in [-0.3, -0.25) is 0 Å². The van der Waals surface area contributed by atoms with E-state index in [1.165, 1.54) is 18.2 Å². The lowest BCUT2D eigenvalue weighted by Gasteiger charge is -2.01. The van der Waals surface area contributed by atoms with E-state index in [0.29, 0.717) is 21.3 Å². The molecule has 1 heterocycles. The molecule has 0 aliphatic rings. The Morgan fingerprint density at radius 1 is 1.17 bits per heavy atom. The molecule has 5 heteroatoms. The van der Waals surface area contributed by atoms with Crippen LogP contribution in [0.25, 0.3) is 11.1 Å². The predicted octanol–water partition coefficient (Wildman–Crippen LogP) is 4.52. The Kier molecular flexibility index (Phi) is 2.76. The lowest BCUT2D eigenvalue weighted by molar-refractivity contribution is 0.342. The molecule has 3 nitrogen and oxygen atoms in total. The van der Waals surface area contributed by atoms with Crippen LogP contribution in [0, 0.1) is 5.82 Å². The van der Waals surface area contributed by atoms with E-state index in [9.17, 15) is 4.39 Å². The van der Waals surface area contributed by atoms with Gasteiger partial charge in [0, 0.05) is 0 Å². The summed E-state index contributed by atoms with van der Waals surface area (Å²) in [4.78, 5) is 4.16. The van der Waals surface area contributed by atoms with Crippen LogP contribution in [0.15, 0.2) is 51.4 Å². The Balaban J connectivity index is 1.93. The Labute approximate surface area is 110 Å². The van der Waals surface area contributed by atoms with E-state index < -0.39 is 0 Å². The van der Waals surface area contributed by atoms with Crippen LogP contribution in [0.2, 0.25) is 0 Å².